The summed E-state index contributed by atoms with van der Waals surface area (Å²) in [6, 6.07) is 7.55. The first kappa shape index (κ1) is 9.02. The van der Waals surface area contributed by atoms with E-state index in [9.17, 15) is 4.79 Å². The second-order valence-corrected chi connectivity index (χ2v) is 3.25. The van der Waals surface area contributed by atoms with Crippen molar-refractivity contribution in [1.82, 2.24) is 9.78 Å². The third kappa shape index (κ3) is 1.44. The molecule has 0 aliphatic heterocycles. The second kappa shape index (κ2) is 3.67. The fraction of sp³-hybridized carbons (Fsp3) is 0.300. The van der Waals surface area contributed by atoms with Gasteiger partial charge in [0, 0.05) is 6.54 Å². The van der Waals surface area contributed by atoms with Gasteiger partial charge in [-0.05, 0) is 25.1 Å². The molecule has 3 N–H and O–H groups in total. The maximum absolute atomic E-state index is 11.5. The van der Waals surface area contributed by atoms with E-state index in [1.807, 2.05) is 28.9 Å². The molecule has 1 aromatic heterocycles. The number of fused-ring (bicyclic) bond motifs is 1. The molecule has 0 fully saturated rings. The molecule has 1 heterocycles. The highest BCUT2D eigenvalue weighted by molar-refractivity contribution is 5.78. The van der Waals surface area contributed by atoms with Crippen LogP contribution in [0.1, 0.15) is 6.42 Å². The first-order chi connectivity index (χ1) is 6.83. The van der Waals surface area contributed by atoms with Crippen LogP contribution in [0, 0.1) is 0 Å². The van der Waals surface area contributed by atoms with Crippen LogP contribution in [0.4, 0.5) is 0 Å². The Kier molecular flexibility index (Phi) is 2.37. The molecular formula is C10H13N3O. The number of aromatic amines is 1. The molecule has 1 aromatic carbocycles. The van der Waals surface area contributed by atoms with Crippen LogP contribution in [0.15, 0.2) is 29.1 Å². The van der Waals surface area contributed by atoms with Gasteiger partial charge in [0.2, 0.25) is 0 Å². The number of nitrogens with zero attached hydrogens (tertiary/aromatic N) is 1. The third-order valence-electron chi connectivity index (χ3n) is 2.26. The van der Waals surface area contributed by atoms with Gasteiger partial charge in [0.25, 0.3) is 5.56 Å². The first-order valence-corrected chi connectivity index (χ1v) is 4.70. The van der Waals surface area contributed by atoms with Crippen molar-refractivity contribution in [3.63, 3.8) is 0 Å². The van der Waals surface area contributed by atoms with Gasteiger partial charge in [-0.1, -0.05) is 12.1 Å². The monoisotopic (exact) mass is 191 g/mol. The van der Waals surface area contributed by atoms with Gasteiger partial charge in [-0.2, -0.15) is 0 Å². The van der Waals surface area contributed by atoms with Crippen molar-refractivity contribution < 1.29 is 0 Å². The maximum Gasteiger partial charge on any atom is 0.271 e. The van der Waals surface area contributed by atoms with Crippen LogP contribution in [0.25, 0.3) is 10.9 Å². The van der Waals surface area contributed by atoms with Crippen molar-refractivity contribution in [2.24, 2.45) is 5.73 Å². The number of nitrogens with one attached hydrogen (secondary N) is 1. The van der Waals surface area contributed by atoms with Gasteiger partial charge in [-0.3, -0.25) is 14.6 Å². The SMILES string of the molecule is NCCCn1[nH]c(=O)c2ccccc21. The Morgan fingerprint density at radius 1 is 1.36 bits per heavy atom. The molecule has 0 spiro atoms. The Bertz CT molecular complexity index is 483. The standard InChI is InChI=1S/C10H13N3O/c11-6-3-7-13-9-5-2-1-4-8(9)10(14)12-13/h1-2,4-5H,3,6-7,11H2,(H,12,14). The van der Waals surface area contributed by atoms with E-state index in [1.54, 1.807) is 0 Å². The summed E-state index contributed by atoms with van der Waals surface area (Å²) in [6.07, 6.45) is 0.870. The van der Waals surface area contributed by atoms with E-state index in [0.717, 1.165) is 23.9 Å². The number of aromatic nitrogens is 2. The zero-order valence-corrected chi connectivity index (χ0v) is 7.86. The van der Waals surface area contributed by atoms with Crippen LogP contribution < -0.4 is 11.3 Å². The van der Waals surface area contributed by atoms with E-state index >= 15 is 0 Å². The molecule has 0 saturated heterocycles. The van der Waals surface area contributed by atoms with Crippen molar-refractivity contribution in [1.29, 1.82) is 0 Å². The largest absolute Gasteiger partial charge is 0.330 e. The summed E-state index contributed by atoms with van der Waals surface area (Å²) in [4.78, 5) is 11.5. The third-order valence-corrected chi connectivity index (χ3v) is 2.26. The summed E-state index contributed by atoms with van der Waals surface area (Å²) in [6.45, 7) is 1.40. The highest BCUT2D eigenvalue weighted by Crippen LogP contribution is 2.08. The molecule has 0 atom stereocenters. The molecule has 0 aliphatic carbocycles. The average molecular weight is 191 g/mol. The Hall–Kier alpha value is -1.55. The fourth-order valence-corrected chi connectivity index (χ4v) is 1.57. The minimum absolute atomic E-state index is 0.0300. The van der Waals surface area contributed by atoms with Gasteiger partial charge in [0.1, 0.15) is 0 Å². The molecule has 0 unspecified atom stereocenters. The van der Waals surface area contributed by atoms with Gasteiger partial charge in [-0.25, -0.2) is 0 Å². The van der Waals surface area contributed by atoms with Crippen LogP contribution in [0.2, 0.25) is 0 Å². The van der Waals surface area contributed by atoms with Crippen molar-refractivity contribution in [3.05, 3.63) is 34.6 Å². The molecular weight excluding hydrogens is 178 g/mol. The number of aryl methyl sites for hydroxylation is 1. The van der Waals surface area contributed by atoms with E-state index in [2.05, 4.69) is 5.10 Å². The van der Waals surface area contributed by atoms with Gasteiger partial charge >= 0.3 is 0 Å². The number of hydrogen-bond donors (Lipinski definition) is 2. The van der Waals surface area contributed by atoms with Crippen LogP contribution >= 0.6 is 0 Å². The van der Waals surface area contributed by atoms with Crippen LogP contribution in [-0.4, -0.2) is 16.3 Å². The highest BCUT2D eigenvalue weighted by atomic mass is 16.1. The maximum atomic E-state index is 11.5. The summed E-state index contributed by atoms with van der Waals surface area (Å²) in [5.74, 6) is 0. The van der Waals surface area contributed by atoms with E-state index < -0.39 is 0 Å². The average Bonchev–Trinajstić information content (AvgIpc) is 2.54. The fourth-order valence-electron chi connectivity index (χ4n) is 1.57. The number of H-pyrrole nitrogens is 1. The lowest BCUT2D eigenvalue weighted by molar-refractivity contribution is 0.598. The molecule has 0 radical (unpaired) electrons. The van der Waals surface area contributed by atoms with Gasteiger partial charge in [0.15, 0.2) is 0 Å². The van der Waals surface area contributed by atoms with Crippen molar-refractivity contribution >= 4 is 10.9 Å². The number of benzene rings is 1. The summed E-state index contributed by atoms with van der Waals surface area (Å²) < 4.78 is 1.85. The molecule has 0 bridgehead atoms. The predicted octanol–water partition coefficient (Wildman–Crippen LogP) is 0.678. The minimum Gasteiger partial charge on any atom is -0.330 e. The lowest BCUT2D eigenvalue weighted by Crippen LogP contribution is -2.09. The van der Waals surface area contributed by atoms with Crippen LogP contribution in [0.3, 0.4) is 0 Å². The van der Waals surface area contributed by atoms with E-state index in [-0.39, 0.29) is 5.56 Å². The quantitative estimate of drug-likeness (QED) is 0.749. The molecule has 74 valence electrons. The molecule has 14 heavy (non-hydrogen) atoms. The Morgan fingerprint density at radius 2 is 2.14 bits per heavy atom. The molecule has 0 saturated carbocycles. The molecule has 2 rings (SSSR count). The normalized spacial score (nSPS) is 10.9. The summed E-state index contributed by atoms with van der Waals surface area (Å²) >= 11 is 0. The Labute approximate surface area is 81.3 Å². The Balaban J connectivity index is 2.50. The summed E-state index contributed by atoms with van der Waals surface area (Å²) in [7, 11) is 0. The first-order valence-electron chi connectivity index (χ1n) is 4.70. The predicted molar refractivity (Wildman–Crippen MR) is 56.2 cm³/mol. The van der Waals surface area contributed by atoms with E-state index in [1.165, 1.54) is 0 Å². The number of hydrogen-bond acceptors (Lipinski definition) is 2. The lowest BCUT2D eigenvalue weighted by atomic mass is 10.2. The van der Waals surface area contributed by atoms with E-state index in [0.29, 0.717) is 6.54 Å². The van der Waals surface area contributed by atoms with Gasteiger partial charge in [0.05, 0.1) is 10.9 Å². The zero-order chi connectivity index (χ0) is 9.97. The number of nitrogens with two attached hydrogens (primary N) is 1. The molecule has 4 nitrogen and oxygen atoms in total. The molecule has 2 aromatic rings. The second-order valence-electron chi connectivity index (χ2n) is 3.25. The topological polar surface area (TPSA) is 63.8 Å². The zero-order valence-electron chi connectivity index (χ0n) is 7.86. The molecule has 0 aliphatic rings. The lowest BCUT2D eigenvalue weighted by Gasteiger charge is -2.01. The number of rotatable bonds is 3. The van der Waals surface area contributed by atoms with Gasteiger partial charge < -0.3 is 5.73 Å². The smallest absolute Gasteiger partial charge is 0.271 e. The molecule has 4 heteroatoms. The summed E-state index contributed by atoms with van der Waals surface area (Å²) in [5.41, 5.74) is 6.34. The van der Waals surface area contributed by atoms with Crippen LogP contribution in [-0.2, 0) is 6.54 Å². The van der Waals surface area contributed by atoms with E-state index in [4.69, 9.17) is 5.73 Å². The van der Waals surface area contributed by atoms with Crippen molar-refractivity contribution in [2.75, 3.05) is 6.54 Å². The number of para-hydroxylation sites is 1. The molecule has 0 amide bonds. The highest BCUT2D eigenvalue weighted by Gasteiger charge is 2.03. The van der Waals surface area contributed by atoms with Crippen LogP contribution in [0.5, 0.6) is 0 Å². The summed E-state index contributed by atoms with van der Waals surface area (Å²) in [5, 5.41) is 3.53. The minimum atomic E-state index is -0.0300. The Morgan fingerprint density at radius 3 is 2.93 bits per heavy atom. The van der Waals surface area contributed by atoms with Crippen molar-refractivity contribution in [2.45, 2.75) is 13.0 Å². The van der Waals surface area contributed by atoms with Gasteiger partial charge in [-0.15, -0.1) is 0 Å². The van der Waals surface area contributed by atoms with Crippen molar-refractivity contribution in [3.8, 4) is 0 Å².